The number of hydrogen-bond acceptors (Lipinski definition) is 8. The van der Waals surface area contributed by atoms with E-state index < -0.39 is 22.8 Å². The molecule has 3 aromatic rings. The molecular weight excluding hydrogens is 506 g/mol. The van der Waals surface area contributed by atoms with Crippen LogP contribution >= 0.6 is 0 Å². The van der Waals surface area contributed by atoms with E-state index in [1.54, 1.807) is 54.6 Å². The zero-order valence-corrected chi connectivity index (χ0v) is 21.2. The molecule has 0 bridgehead atoms. The molecule has 3 aromatic carbocycles. The fourth-order valence-electron chi connectivity index (χ4n) is 3.74. The number of hydrogen-bond donors (Lipinski definition) is 1. The Morgan fingerprint density at radius 1 is 0.949 bits per heavy atom. The monoisotopic (exact) mass is 531 g/mol. The van der Waals surface area contributed by atoms with Gasteiger partial charge in [-0.2, -0.15) is 0 Å². The Balaban J connectivity index is 1.52. The summed E-state index contributed by atoms with van der Waals surface area (Å²) >= 11 is 0. The Kier molecular flexibility index (Phi) is 8.20. The number of non-ortho nitro benzene ring substituents is 1. The first-order chi connectivity index (χ1) is 18.8. The van der Waals surface area contributed by atoms with Gasteiger partial charge in [0.25, 0.3) is 17.5 Å². The number of ether oxygens (including phenoxy) is 3. The summed E-state index contributed by atoms with van der Waals surface area (Å²) in [7, 11) is 1.44. The second kappa shape index (κ2) is 11.9. The molecule has 1 N–H and O–H groups in total. The smallest absolute Gasteiger partial charge is 0.335 e. The molecule has 0 atom stereocenters. The summed E-state index contributed by atoms with van der Waals surface area (Å²) < 4.78 is 16.7. The molecule has 200 valence electrons. The molecule has 1 aliphatic heterocycles. The molecule has 11 nitrogen and oxygen atoms in total. The fourth-order valence-corrected chi connectivity index (χ4v) is 3.74. The third-order valence-corrected chi connectivity index (χ3v) is 5.71. The molecule has 1 fully saturated rings. The van der Waals surface area contributed by atoms with Gasteiger partial charge in [0.15, 0.2) is 11.5 Å². The lowest BCUT2D eigenvalue weighted by atomic mass is 10.1. The molecular formula is C28H25N3O8. The van der Waals surface area contributed by atoms with Gasteiger partial charge in [0, 0.05) is 12.1 Å². The molecule has 1 saturated heterocycles. The number of nitro groups is 1. The van der Waals surface area contributed by atoms with E-state index in [1.165, 1.54) is 25.3 Å². The molecule has 0 saturated carbocycles. The fraction of sp³-hybridized carbons (Fsp3) is 0.179. The Morgan fingerprint density at radius 3 is 2.31 bits per heavy atom. The molecule has 0 radical (unpaired) electrons. The number of carbonyl (C=O) groups is 3. The molecule has 0 spiro atoms. The number of nitrogens with zero attached hydrogens (tertiary/aromatic N) is 2. The lowest BCUT2D eigenvalue weighted by Crippen LogP contribution is -2.54. The van der Waals surface area contributed by atoms with Gasteiger partial charge in [0.1, 0.15) is 17.9 Å². The van der Waals surface area contributed by atoms with Gasteiger partial charge in [-0.25, -0.2) is 9.69 Å². The zero-order chi connectivity index (χ0) is 27.9. The van der Waals surface area contributed by atoms with E-state index in [0.717, 1.165) is 11.3 Å². The van der Waals surface area contributed by atoms with Crippen molar-refractivity contribution in [1.29, 1.82) is 0 Å². The van der Waals surface area contributed by atoms with Crippen LogP contribution in [-0.2, 0) is 16.2 Å². The largest absolute Gasteiger partial charge is 0.494 e. The van der Waals surface area contributed by atoms with Crippen molar-refractivity contribution in [2.75, 3.05) is 18.6 Å². The Labute approximate surface area is 223 Å². The standard InChI is InChI=1S/C28H25N3O8/c1-3-14-38-22-11-9-20(10-12-22)30-27(33)23(26(32)29-28(30)34)15-19-6-13-24(25(16-19)37-2)39-17-18-4-7-21(8-5-18)31(35)36/h4-13,15-16H,3,14,17H2,1-2H3,(H,29,32,34)/b23-15-. The maximum absolute atomic E-state index is 13.2. The second-order valence-corrected chi connectivity index (χ2v) is 8.42. The summed E-state index contributed by atoms with van der Waals surface area (Å²) in [6, 6.07) is 16.4. The number of barbiturate groups is 1. The van der Waals surface area contributed by atoms with Gasteiger partial charge < -0.3 is 14.2 Å². The van der Waals surface area contributed by atoms with E-state index in [-0.39, 0.29) is 23.6 Å². The minimum Gasteiger partial charge on any atom is -0.494 e. The molecule has 4 amide bonds. The van der Waals surface area contributed by atoms with Crippen LogP contribution < -0.4 is 24.4 Å². The van der Waals surface area contributed by atoms with Crippen molar-refractivity contribution in [1.82, 2.24) is 5.32 Å². The topological polar surface area (TPSA) is 137 Å². The van der Waals surface area contributed by atoms with Crippen LogP contribution in [0.25, 0.3) is 6.08 Å². The number of rotatable bonds is 10. The highest BCUT2D eigenvalue weighted by atomic mass is 16.6. The van der Waals surface area contributed by atoms with Gasteiger partial charge in [-0.15, -0.1) is 0 Å². The van der Waals surface area contributed by atoms with E-state index in [1.807, 2.05) is 6.92 Å². The summed E-state index contributed by atoms with van der Waals surface area (Å²) in [5.41, 5.74) is 1.21. The number of anilines is 1. The number of imide groups is 2. The molecule has 0 aromatic heterocycles. The van der Waals surface area contributed by atoms with Gasteiger partial charge in [-0.1, -0.05) is 13.0 Å². The second-order valence-electron chi connectivity index (χ2n) is 8.42. The van der Waals surface area contributed by atoms with E-state index in [9.17, 15) is 24.5 Å². The van der Waals surface area contributed by atoms with Gasteiger partial charge in [-0.05, 0) is 72.2 Å². The highest BCUT2D eigenvalue weighted by molar-refractivity contribution is 6.39. The van der Waals surface area contributed by atoms with Crippen molar-refractivity contribution in [2.24, 2.45) is 0 Å². The van der Waals surface area contributed by atoms with E-state index >= 15 is 0 Å². The number of carbonyl (C=O) groups excluding carboxylic acids is 3. The summed E-state index contributed by atoms with van der Waals surface area (Å²) in [5.74, 6) is -0.268. The lowest BCUT2D eigenvalue weighted by molar-refractivity contribution is -0.384. The first kappa shape index (κ1) is 26.9. The van der Waals surface area contributed by atoms with Crippen LogP contribution in [0.4, 0.5) is 16.2 Å². The molecule has 4 rings (SSSR count). The molecule has 0 aliphatic carbocycles. The van der Waals surface area contributed by atoms with Crippen molar-refractivity contribution in [2.45, 2.75) is 20.0 Å². The number of methoxy groups -OCH3 is 1. The van der Waals surface area contributed by atoms with Crippen molar-refractivity contribution < 1.29 is 33.5 Å². The summed E-state index contributed by atoms with van der Waals surface area (Å²) in [5, 5.41) is 13.0. The number of nitrogens with one attached hydrogen (secondary N) is 1. The van der Waals surface area contributed by atoms with Gasteiger partial charge in [-0.3, -0.25) is 25.0 Å². The van der Waals surface area contributed by atoms with Crippen LogP contribution in [0, 0.1) is 10.1 Å². The Morgan fingerprint density at radius 2 is 1.67 bits per heavy atom. The highest BCUT2D eigenvalue weighted by Crippen LogP contribution is 2.31. The zero-order valence-electron chi connectivity index (χ0n) is 21.2. The van der Waals surface area contributed by atoms with Crippen LogP contribution in [-0.4, -0.2) is 36.5 Å². The lowest BCUT2D eigenvalue weighted by Gasteiger charge is -2.26. The van der Waals surface area contributed by atoms with Gasteiger partial charge >= 0.3 is 6.03 Å². The van der Waals surface area contributed by atoms with Crippen molar-refractivity contribution in [3.8, 4) is 17.2 Å². The molecule has 1 heterocycles. The van der Waals surface area contributed by atoms with Crippen LogP contribution in [0.5, 0.6) is 17.2 Å². The summed E-state index contributed by atoms with van der Waals surface area (Å²) in [4.78, 5) is 49.5. The van der Waals surface area contributed by atoms with Crippen molar-refractivity contribution in [3.63, 3.8) is 0 Å². The van der Waals surface area contributed by atoms with Crippen molar-refractivity contribution in [3.05, 3.63) is 93.5 Å². The molecule has 0 unspecified atom stereocenters. The Hall–Kier alpha value is -5.19. The maximum atomic E-state index is 13.2. The highest BCUT2D eigenvalue weighted by Gasteiger charge is 2.36. The maximum Gasteiger partial charge on any atom is 0.335 e. The summed E-state index contributed by atoms with van der Waals surface area (Å²) in [6.45, 7) is 2.65. The number of amides is 4. The van der Waals surface area contributed by atoms with Crippen LogP contribution in [0.2, 0.25) is 0 Å². The van der Waals surface area contributed by atoms with Crippen LogP contribution in [0.1, 0.15) is 24.5 Å². The normalized spacial score (nSPS) is 14.3. The number of urea groups is 1. The molecule has 1 aliphatic rings. The van der Waals surface area contributed by atoms with Crippen LogP contribution in [0.3, 0.4) is 0 Å². The minimum absolute atomic E-state index is 0.0201. The quantitative estimate of drug-likeness (QED) is 0.173. The van der Waals surface area contributed by atoms with E-state index in [0.29, 0.717) is 35.0 Å². The predicted molar refractivity (Wildman–Crippen MR) is 142 cm³/mol. The molecule has 39 heavy (non-hydrogen) atoms. The van der Waals surface area contributed by atoms with E-state index in [4.69, 9.17) is 14.2 Å². The average Bonchev–Trinajstić information content (AvgIpc) is 2.94. The summed E-state index contributed by atoms with van der Waals surface area (Å²) in [6.07, 6.45) is 2.20. The third kappa shape index (κ3) is 6.21. The third-order valence-electron chi connectivity index (χ3n) is 5.71. The van der Waals surface area contributed by atoms with Gasteiger partial charge in [0.05, 0.1) is 24.3 Å². The minimum atomic E-state index is -0.850. The first-order valence-electron chi connectivity index (χ1n) is 12.0. The van der Waals surface area contributed by atoms with Gasteiger partial charge in [0.2, 0.25) is 0 Å². The van der Waals surface area contributed by atoms with Crippen molar-refractivity contribution >= 4 is 35.3 Å². The molecule has 11 heteroatoms. The van der Waals surface area contributed by atoms with E-state index in [2.05, 4.69) is 5.32 Å². The average molecular weight is 532 g/mol. The number of nitro benzene ring substituents is 1. The first-order valence-corrected chi connectivity index (χ1v) is 12.0. The Bertz CT molecular complexity index is 1430. The van der Waals surface area contributed by atoms with Crippen LogP contribution in [0.15, 0.2) is 72.3 Å². The SMILES string of the molecule is CCCOc1ccc(N2C(=O)NC(=O)/C(=C/c3ccc(OCc4ccc([N+](=O)[O-])cc4)c(OC)c3)C2=O)cc1. The predicted octanol–water partition coefficient (Wildman–Crippen LogP) is 4.64. The number of benzene rings is 3.